The summed E-state index contributed by atoms with van der Waals surface area (Å²) in [6.07, 6.45) is -0.467. The smallest absolute Gasteiger partial charge is 0.412 e. The van der Waals surface area contributed by atoms with E-state index in [4.69, 9.17) is 14.3 Å². The molecule has 1 amide bonds. The lowest BCUT2D eigenvalue weighted by molar-refractivity contribution is 0.0383. The summed E-state index contributed by atoms with van der Waals surface area (Å²) in [5.41, 5.74) is 3.97. The van der Waals surface area contributed by atoms with Gasteiger partial charge in [-0.15, -0.1) is 0 Å². The second-order valence-corrected chi connectivity index (χ2v) is 7.94. The number of anilines is 1. The van der Waals surface area contributed by atoms with E-state index in [0.717, 1.165) is 0 Å². The first-order valence-electron chi connectivity index (χ1n) is 9.59. The van der Waals surface area contributed by atoms with Crippen LogP contribution in [0, 0.1) is 5.82 Å². The number of benzene rings is 2. The van der Waals surface area contributed by atoms with Crippen LogP contribution >= 0.6 is 0 Å². The Labute approximate surface area is 179 Å². The summed E-state index contributed by atoms with van der Waals surface area (Å²) >= 11 is 0. The predicted molar refractivity (Wildman–Crippen MR) is 113 cm³/mol. The van der Waals surface area contributed by atoms with Crippen LogP contribution in [0.3, 0.4) is 0 Å². The van der Waals surface area contributed by atoms with Crippen LogP contribution in [-0.4, -0.2) is 30.6 Å². The highest BCUT2D eigenvalue weighted by molar-refractivity contribution is 5.95. The number of methoxy groups -OCH3 is 1. The molecule has 0 aliphatic carbocycles. The lowest BCUT2D eigenvalue weighted by Gasteiger charge is -2.19. The van der Waals surface area contributed by atoms with Crippen molar-refractivity contribution < 1.29 is 28.3 Å². The summed E-state index contributed by atoms with van der Waals surface area (Å²) in [4.78, 5) is 33.6. The van der Waals surface area contributed by atoms with E-state index in [9.17, 15) is 14.0 Å². The lowest BCUT2D eigenvalue weighted by atomic mass is 10.1. The highest BCUT2D eigenvalue weighted by Gasteiger charge is 2.21. The minimum absolute atomic E-state index is 0.169. The zero-order valence-corrected chi connectivity index (χ0v) is 17.7. The maximum Gasteiger partial charge on any atom is 0.412 e. The van der Waals surface area contributed by atoms with Crippen molar-refractivity contribution in [2.75, 3.05) is 12.4 Å². The average Bonchev–Trinajstić information content (AvgIpc) is 3.08. The number of amides is 1. The third-order valence-electron chi connectivity index (χ3n) is 4.15. The molecule has 2 aromatic carbocycles. The number of rotatable bonds is 4. The van der Waals surface area contributed by atoms with Gasteiger partial charge in [-0.3, -0.25) is 5.32 Å². The molecule has 0 spiro atoms. The van der Waals surface area contributed by atoms with Crippen LogP contribution in [0.1, 0.15) is 42.3 Å². The van der Waals surface area contributed by atoms with Crippen LogP contribution in [0.15, 0.2) is 41.4 Å². The number of amidine groups is 1. The van der Waals surface area contributed by atoms with Gasteiger partial charge in [0.15, 0.2) is 0 Å². The molecule has 0 unspecified atom stereocenters. The van der Waals surface area contributed by atoms with Crippen molar-refractivity contribution >= 4 is 29.3 Å². The van der Waals surface area contributed by atoms with Gasteiger partial charge in [-0.25, -0.2) is 24.5 Å². The molecule has 0 atom stereocenters. The molecule has 0 radical (unpaired) electrons. The predicted octanol–water partition coefficient (Wildman–Crippen LogP) is 4.27. The Morgan fingerprint density at radius 2 is 1.97 bits per heavy atom. The fraction of sp³-hybridized carbons (Fsp3) is 0.318. The van der Waals surface area contributed by atoms with Crippen molar-refractivity contribution in [2.24, 2.45) is 4.99 Å². The number of fused-ring (bicyclic) bond motifs is 1. The summed E-state index contributed by atoms with van der Waals surface area (Å²) in [6.45, 7) is 5.52. The molecule has 0 saturated heterocycles. The molecule has 0 bridgehead atoms. The highest BCUT2D eigenvalue weighted by atomic mass is 19.1. The Morgan fingerprint density at radius 3 is 2.68 bits per heavy atom. The molecule has 1 aliphatic heterocycles. The Balaban J connectivity index is 1.60. The molecule has 2 aromatic rings. The highest BCUT2D eigenvalue weighted by Crippen LogP contribution is 2.30. The topological polar surface area (TPSA) is 98.2 Å². The molecule has 2 N–H and O–H groups in total. The number of aliphatic imine (C=N–C) groups is 1. The maximum atomic E-state index is 14.3. The number of nitrogens with one attached hydrogen (secondary N) is 2. The van der Waals surface area contributed by atoms with Crippen molar-refractivity contribution in [1.82, 2.24) is 5.48 Å². The molecular formula is C22H24FN3O5. The molecule has 0 fully saturated rings. The number of nitrogens with zero attached hydrogens (tertiary/aromatic N) is 1. The number of carbonyl (C=O) groups is 2. The summed E-state index contributed by atoms with van der Waals surface area (Å²) in [6, 6.07) is 9.33. The summed E-state index contributed by atoms with van der Waals surface area (Å²) in [5.74, 6) is -0.774. The molecule has 0 aromatic heterocycles. The fourth-order valence-corrected chi connectivity index (χ4v) is 2.92. The average molecular weight is 429 g/mol. The van der Waals surface area contributed by atoms with E-state index in [0.29, 0.717) is 28.3 Å². The van der Waals surface area contributed by atoms with Gasteiger partial charge in [-0.1, -0.05) is 6.07 Å². The van der Waals surface area contributed by atoms with Crippen molar-refractivity contribution in [1.29, 1.82) is 0 Å². The summed E-state index contributed by atoms with van der Waals surface area (Å²) < 4.78 is 24.5. The Bertz CT molecular complexity index is 1030. The number of hydrogen-bond donors (Lipinski definition) is 2. The van der Waals surface area contributed by atoms with Gasteiger partial charge in [0.25, 0.3) is 0 Å². The minimum atomic E-state index is -0.688. The minimum Gasteiger partial charge on any atom is -0.444 e. The van der Waals surface area contributed by atoms with Gasteiger partial charge in [0.2, 0.25) is 0 Å². The van der Waals surface area contributed by atoms with Crippen LogP contribution in [0.2, 0.25) is 0 Å². The van der Waals surface area contributed by atoms with Gasteiger partial charge in [0.05, 0.1) is 17.9 Å². The second-order valence-electron chi connectivity index (χ2n) is 7.94. The molecule has 1 heterocycles. The van der Waals surface area contributed by atoms with Gasteiger partial charge in [-0.2, -0.15) is 0 Å². The van der Waals surface area contributed by atoms with Gasteiger partial charge < -0.3 is 14.3 Å². The van der Waals surface area contributed by atoms with Gasteiger partial charge in [0.1, 0.15) is 17.3 Å². The van der Waals surface area contributed by atoms with E-state index in [-0.39, 0.29) is 18.6 Å². The van der Waals surface area contributed by atoms with Gasteiger partial charge >= 0.3 is 12.1 Å². The third-order valence-corrected chi connectivity index (χ3v) is 4.15. The van der Waals surface area contributed by atoms with E-state index in [1.54, 1.807) is 39.0 Å². The molecule has 3 rings (SSSR count). The van der Waals surface area contributed by atoms with Crippen LogP contribution < -0.4 is 10.8 Å². The molecule has 9 heteroatoms. The fourth-order valence-electron chi connectivity index (χ4n) is 2.92. The van der Waals surface area contributed by atoms with E-state index >= 15 is 0 Å². The number of carbonyl (C=O) groups excluding carboxylic acids is 2. The van der Waals surface area contributed by atoms with Gasteiger partial charge in [-0.05, 0) is 56.7 Å². The molecule has 31 heavy (non-hydrogen) atoms. The summed E-state index contributed by atoms with van der Waals surface area (Å²) in [5, 5.41) is 2.56. The number of ether oxygens (including phenoxy) is 2. The lowest BCUT2D eigenvalue weighted by Crippen LogP contribution is -2.28. The zero-order valence-electron chi connectivity index (χ0n) is 17.7. The molecule has 164 valence electrons. The van der Waals surface area contributed by atoms with Crippen molar-refractivity contribution in [3.8, 4) is 0 Å². The first-order chi connectivity index (χ1) is 14.6. The normalized spacial score (nSPS) is 12.6. The van der Waals surface area contributed by atoms with E-state index in [2.05, 4.69) is 15.8 Å². The quantitative estimate of drug-likeness (QED) is 0.705. The van der Waals surface area contributed by atoms with Crippen molar-refractivity contribution in [3.05, 3.63) is 58.9 Å². The van der Waals surface area contributed by atoms with Crippen molar-refractivity contribution in [2.45, 2.75) is 39.4 Å². The zero-order chi connectivity index (χ0) is 22.6. The van der Waals surface area contributed by atoms with Crippen LogP contribution in [0.4, 0.5) is 20.6 Å². The first-order valence-corrected chi connectivity index (χ1v) is 9.59. The Hall–Kier alpha value is -3.46. The van der Waals surface area contributed by atoms with E-state index < -0.39 is 23.5 Å². The standard InChI is InChI=1S/C22H24FN3O5/c1-22(2,3)30-21(28)24-15-7-5-6-14(10-15)20(27)31-26-19-11-16-17(23)8-13(12-29-4)9-18(16)25-19/h5-10H,11-12H2,1-4H3,(H,24,28)(H,25,26). The van der Waals surface area contributed by atoms with Gasteiger partial charge in [0, 0.05) is 24.8 Å². The Morgan fingerprint density at radius 1 is 1.19 bits per heavy atom. The molecule has 1 aliphatic rings. The van der Waals surface area contributed by atoms with Crippen LogP contribution in [-0.2, 0) is 27.3 Å². The van der Waals surface area contributed by atoms with E-state index in [1.807, 2.05) is 0 Å². The van der Waals surface area contributed by atoms with Crippen LogP contribution in [0.5, 0.6) is 0 Å². The Kier molecular flexibility index (Phi) is 6.55. The third kappa shape index (κ3) is 6.02. The first kappa shape index (κ1) is 22.2. The number of halogens is 1. The molecule has 8 nitrogen and oxygen atoms in total. The maximum absolute atomic E-state index is 14.3. The molecular weight excluding hydrogens is 405 g/mol. The summed E-state index contributed by atoms with van der Waals surface area (Å²) in [7, 11) is 1.53. The number of hydrogen-bond acceptors (Lipinski definition) is 7. The monoisotopic (exact) mass is 429 g/mol. The second kappa shape index (κ2) is 9.13. The van der Waals surface area contributed by atoms with Crippen LogP contribution in [0.25, 0.3) is 0 Å². The molecule has 0 saturated carbocycles. The van der Waals surface area contributed by atoms with E-state index in [1.165, 1.54) is 25.3 Å². The largest absolute Gasteiger partial charge is 0.444 e. The number of hydroxylamine groups is 1. The van der Waals surface area contributed by atoms with Crippen molar-refractivity contribution in [3.63, 3.8) is 0 Å². The SMILES string of the molecule is COCc1cc(F)c2c(c1)N=C(NOC(=O)c1cccc(NC(=O)OC(C)(C)C)c1)C2.